The van der Waals surface area contributed by atoms with Gasteiger partial charge in [-0.25, -0.2) is 9.59 Å². The van der Waals surface area contributed by atoms with Gasteiger partial charge in [-0.05, 0) is 80.5 Å². The predicted octanol–water partition coefficient (Wildman–Crippen LogP) is 6.30. The molecule has 8 nitrogen and oxygen atoms in total. The van der Waals surface area contributed by atoms with Crippen molar-refractivity contribution < 1.29 is 29.3 Å². The summed E-state index contributed by atoms with van der Waals surface area (Å²) in [4.78, 5) is 30.6. The third-order valence-corrected chi connectivity index (χ3v) is 6.25. The molecule has 0 bridgehead atoms. The molecule has 8 heteroatoms. The fraction of sp³-hybridized carbons (Fsp3) is 0.406. The Morgan fingerprint density at radius 3 is 2.45 bits per heavy atom. The number of carbonyl (C=O) groups excluding carboxylic acids is 1. The highest BCUT2D eigenvalue weighted by Gasteiger charge is 2.25. The zero-order valence-electron chi connectivity index (χ0n) is 24.2. The molecule has 0 aliphatic heterocycles. The van der Waals surface area contributed by atoms with Crippen LogP contribution in [0.1, 0.15) is 67.8 Å². The second-order valence-corrected chi connectivity index (χ2v) is 11.3. The van der Waals surface area contributed by atoms with Crippen LogP contribution in [0.3, 0.4) is 0 Å². The van der Waals surface area contributed by atoms with Crippen LogP contribution in [0.5, 0.6) is 5.75 Å². The number of hydrogen-bond donors (Lipinski definition) is 2. The summed E-state index contributed by atoms with van der Waals surface area (Å²) in [6.45, 7) is 12.2. The smallest absolute Gasteiger partial charge is 0.410 e. The molecule has 2 aromatic carbocycles. The highest BCUT2D eigenvalue weighted by Crippen LogP contribution is 2.32. The van der Waals surface area contributed by atoms with Gasteiger partial charge in [0.25, 0.3) is 0 Å². The number of aromatic carboxylic acids is 1. The molecule has 1 amide bonds. The Bertz CT molecular complexity index is 1300. The Kier molecular flexibility index (Phi) is 10.3. The van der Waals surface area contributed by atoms with Gasteiger partial charge < -0.3 is 24.6 Å². The minimum Gasteiger partial charge on any atom is -0.492 e. The topological polar surface area (TPSA) is 109 Å². The van der Waals surface area contributed by atoms with E-state index >= 15 is 0 Å². The van der Waals surface area contributed by atoms with Gasteiger partial charge in [0, 0.05) is 24.5 Å². The molecule has 1 aromatic heterocycles. The maximum atomic E-state index is 13.2. The molecule has 3 rings (SSSR count). The van der Waals surface area contributed by atoms with E-state index in [0.717, 1.165) is 22.3 Å². The van der Waals surface area contributed by atoms with Crippen LogP contribution in [0.15, 0.2) is 60.9 Å². The Labute approximate surface area is 236 Å². The zero-order valence-corrected chi connectivity index (χ0v) is 24.2. The molecule has 40 heavy (non-hydrogen) atoms. The number of carboxylic acid groups (broad SMARTS) is 1. The number of aliphatic hydroxyl groups is 1. The molecule has 214 valence electrons. The van der Waals surface area contributed by atoms with Gasteiger partial charge in [-0.3, -0.25) is 4.98 Å². The van der Waals surface area contributed by atoms with Gasteiger partial charge in [0.2, 0.25) is 0 Å². The molecule has 1 atom stereocenters. The van der Waals surface area contributed by atoms with Crippen molar-refractivity contribution in [2.45, 2.75) is 59.7 Å². The second-order valence-electron chi connectivity index (χ2n) is 11.3. The lowest BCUT2D eigenvalue weighted by Crippen LogP contribution is -2.40. The third kappa shape index (κ3) is 8.55. The van der Waals surface area contributed by atoms with Crippen LogP contribution in [0.2, 0.25) is 0 Å². The number of aliphatic hydroxyl groups excluding tert-OH is 1. The molecular weight excluding hydrogens is 508 g/mol. The first-order chi connectivity index (χ1) is 18.9. The van der Waals surface area contributed by atoms with Crippen LogP contribution in [0.4, 0.5) is 4.79 Å². The standard InChI is InChI=1S/C32H40N2O6/c1-21(2)20-39-29-17-23(12-13-27(29)30(36)37)26-11-7-9-22(3)25(26)14-16-34(31(38)40-32(4,5)6)19-28(35)24-10-8-15-33-18-24/h7-13,15,17-18,21,28,35H,14,16,19-20H2,1-6H3,(H,36,37)/t28-/m0/s1. The minimum atomic E-state index is -1.05. The summed E-state index contributed by atoms with van der Waals surface area (Å²) in [5.74, 6) is -0.489. The monoisotopic (exact) mass is 548 g/mol. The summed E-state index contributed by atoms with van der Waals surface area (Å²) in [7, 11) is 0. The van der Waals surface area contributed by atoms with E-state index in [9.17, 15) is 19.8 Å². The van der Waals surface area contributed by atoms with Crippen LogP contribution in [-0.4, -0.2) is 57.5 Å². The van der Waals surface area contributed by atoms with Crippen molar-refractivity contribution >= 4 is 12.1 Å². The fourth-order valence-electron chi connectivity index (χ4n) is 4.26. The summed E-state index contributed by atoms with van der Waals surface area (Å²) in [5, 5.41) is 20.5. The Balaban J connectivity index is 1.92. The van der Waals surface area contributed by atoms with Crippen molar-refractivity contribution in [3.63, 3.8) is 0 Å². The van der Waals surface area contributed by atoms with Crippen LogP contribution >= 0.6 is 0 Å². The van der Waals surface area contributed by atoms with Crippen molar-refractivity contribution in [3.05, 3.63) is 83.2 Å². The molecule has 0 fully saturated rings. The lowest BCUT2D eigenvalue weighted by Gasteiger charge is -2.29. The summed E-state index contributed by atoms with van der Waals surface area (Å²) in [6.07, 6.45) is 2.26. The minimum absolute atomic E-state index is 0.0440. The molecule has 2 N–H and O–H groups in total. The summed E-state index contributed by atoms with van der Waals surface area (Å²) in [5.41, 5.74) is 3.80. The maximum absolute atomic E-state index is 13.2. The Morgan fingerprint density at radius 1 is 1.07 bits per heavy atom. The van der Waals surface area contributed by atoms with Crippen LogP contribution in [0, 0.1) is 12.8 Å². The third-order valence-electron chi connectivity index (χ3n) is 6.25. The van der Waals surface area contributed by atoms with E-state index in [2.05, 4.69) is 4.98 Å². The van der Waals surface area contributed by atoms with E-state index in [1.54, 1.807) is 63.5 Å². The number of amides is 1. The first-order valence-electron chi connectivity index (χ1n) is 13.5. The number of rotatable bonds is 11. The van der Waals surface area contributed by atoms with E-state index in [4.69, 9.17) is 9.47 Å². The van der Waals surface area contributed by atoms with Crippen LogP contribution in [-0.2, 0) is 11.2 Å². The maximum Gasteiger partial charge on any atom is 0.410 e. The average molecular weight is 549 g/mol. The van der Waals surface area contributed by atoms with E-state index in [0.29, 0.717) is 30.9 Å². The molecule has 3 aromatic rings. The quantitative estimate of drug-likeness (QED) is 0.289. The fourth-order valence-corrected chi connectivity index (χ4v) is 4.26. The highest BCUT2D eigenvalue weighted by molar-refractivity contribution is 5.92. The Hall–Kier alpha value is -3.91. The molecule has 0 aliphatic carbocycles. The average Bonchev–Trinajstić information content (AvgIpc) is 2.89. The number of aromatic nitrogens is 1. The van der Waals surface area contributed by atoms with Crippen molar-refractivity contribution in [2.75, 3.05) is 19.7 Å². The number of carboxylic acids is 1. The lowest BCUT2D eigenvalue weighted by atomic mass is 9.93. The number of benzene rings is 2. The van der Waals surface area contributed by atoms with E-state index < -0.39 is 23.8 Å². The van der Waals surface area contributed by atoms with Gasteiger partial charge in [-0.15, -0.1) is 0 Å². The summed E-state index contributed by atoms with van der Waals surface area (Å²) in [6, 6.07) is 14.6. The predicted molar refractivity (Wildman–Crippen MR) is 155 cm³/mol. The van der Waals surface area contributed by atoms with Crippen LogP contribution in [0.25, 0.3) is 11.1 Å². The Morgan fingerprint density at radius 2 is 1.82 bits per heavy atom. The van der Waals surface area contributed by atoms with Crippen molar-refractivity contribution in [3.8, 4) is 16.9 Å². The molecule has 0 aliphatic rings. The molecule has 0 saturated carbocycles. The molecule has 0 saturated heterocycles. The van der Waals surface area contributed by atoms with Crippen molar-refractivity contribution in [1.82, 2.24) is 9.88 Å². The number of hydrogen-bond acceptors (Lipinski definition) is 6. The SMILES string of the molecule is Cc1cccc(-c2ccc(C(=O)O)c(OCC(C)C)c2)c1CCN(C[C@H](O)c1cccnc1)C(=O)OC(C)(C)C. The molecular formula is C32H40N2O6. The van der Waals surface area contributed by atoms with Gasteiger partial charge >= 0.3 is 12.1 Å². The number of ether oxygens (including phenoxy) is 2. The summed E-state index contributed by atoms with van der Waals surface area (Å²) >= 11 is 0. The van der Waals surface area contributed by atoms with Crippen molar-refractivity contribution in [1.29, 1.82) is 0 Å². The molecule has 0 spiro atoms. The van der Waals surface area contributed by atoms with Gasteiger partial charge in [0.15, 0.2) is 0 Å². The van der Waals surface area contributed by atoms with Gasteiger partial charge in [-0.2, -0.15) is 0 Å². The first kappa shape index (κ1) is 30.6. The van der Waals surface area contributed by atoms with E-state index in [-0.39, 0.29) is 18.0 Å². The van der Waals surface area contributed by atoms with Gasteiger partial charge in [0.05, 0.1) is 19.3 Å². The molecule has 1 heterocycles. The molecule has 0 unspecified atom stereocenters. The van der Waals surface area contributed by atoms with E-state index in [1.807, 2.05) is 39.0 Å². The number of aryl methyl sites for hydroxylation is 1. The van der Waals surface area contributed by atoms with Gasteiger partial charge in [0.1, 0.15) is 16.9 Å². The largest absolute Gasteiger partial charge is 0.492 e. The van der Waals surface area contributed by atoms with Gasteiger partial charge in [-0.1, -0.05) is 44.2 Å². The van der Waals surface area contributed by atoms with Crippen LogP contribution < -0.4 is 4.74 Å². The highest BCUT2D eigenvalue weighted by atomic mass is 16.6. The second kappa shape index (κ2) is 13.4. The van der Waals surface area contributed by atoms with Crippen molar-refractivity contribution in [2.24, 2.45) is 5.92 Å². The number of carbonyl (C=O) groups is 2. The molecule has 0 radical (unpaired) electrons. The van der Waals surface area contributed by atoms with E-state index in [1.165, 1.54) is 4.90 Å². The summed E-state index contributed by atoms with van der Waals surface area (Å²) < 4.78 is 11.5. The first-order valence-corrected chi connectivity index (χ1v) is 13.5. The zero-order chi connectivity index (χ0) is 29.4. The number of pyridine rings is 1. The lowest BCUT2D eigenvalue weighted by molar-refractivity contribution is 0.0146. The normalized spacial score (nSPS) is 12.2. The number of nitrogens with zero attached hydrogens (tertiary/aromatic N) is 2.